The molecule has 1 saturated heterocycles. The second-order valence-corrected chi connectivity index (χ2v) is 8.52. The summed E-state index contributed by atoms with van der Waals surface area (Å²) in [5.41, 5.74) is 3.39. The Balaban J connectivity index is 1.51. The number of halogens is 2. The number of carbonyl (C=O) groups is 1. The predicted octanol–water partition coefficient (Wildman–Crippen LogP) is 5.46. The number of amides is 1. The van der Waals surface area contributed by atoms with Gasteiger partial charge in [0.25, 0.3) is 5.91 Å². The third kappa shape index (κ3) is 5.08. The van der Waals surface area contributed by atoms with Gasteiger partial charge in [0.2, 0.25) is 0 Å². The lowest BCUT2D eigenvalue weighted by molar-refractivity contribution is 0.0937. The maximum atomic E-state index is 12.6. The third-order valence-corrected chi connectivity index (χ3v) is 6.07. The number of likely N-dealkylation sites (tertiary alicyclic amines) is 1. The van der Waals surface area contributed by atoms with Crippen molar-refractivity contribution in [3.8, 4) is 6.07 Å². The van der Waals surface area contributed by atoms with E-state index in [1.807, 2.05) is 48.5 Å². The largest absolute Gasteiger partial charge is 0.348 e. The van der Waals surface area contributed by atoms with Gasteiger partial charge in [0.15, 0.2) is 0 Å². The first kappa shape index (κ1) is 21.4. The van der Waals surface area contributed by atoms with Gasteiger partial charge in [-0.1, -0.05) is 47.5 Å². The lowest BCUT2D eigenvalue weighted by Crippen LogP contribution is -2.38. The van der Waals surface area contributed by atoms with E-state index in [0.717, 1.165) is 30.6 Å². The Labute approximate surface area is 192 Å². The lowest BCUT2D eigenvalue weighted by atomic mass is 9.97. The molecule has 1 aliphatic heterocycles. The van der Waals surface area contributed by atoms with Gasteiger partial charge in [-0.15, -0.1) is 0 Å². The molecular weight excluding hydrogens is 429 g/mol. The highest BCUT2D eigenvalue weighted by Gasteiger charge is 2.31. The molecule has 1 N–H and O–H groups in total. The summed E-state index contributed by atoms with van der Waals surface area (Å²) in [4.78, 5) is 15.0. The monoisotopic (exact) mass is 449 g/mol. The van der Waals surface area contributed by atoms with E-state index in [-0.39, 0.29) is 18.0 Å². The first-order valence-corrected chi connectivity index (χ1v) is 10.8. The maximum Gasteiger partial charge on any atom is 0.251 e. The van der Waals surface area contributed by atoms with Crippen molar-refractivity contribution in [2.75, 3.05) is 13.1 Å². The highest BCUT2D eigenvalue weighted by atomic mass is 35.5. The Kier molecular flexibility index (Phi) is 6.58. The topological polar surface area (TPSA) is 56.1 Å². The van der Waals surface area contributed by atoms with Crippen LogP contribution in [0.4, 0.5) is 0 Å². The van der Waals surface area contributed by atoms with Gasteiger partial charge in [0.1, 0.15) is 0 Å². The van der Waals surface area contributed by atoms with Crippen LogP contribution in [0, 0.1) is 11.3 Å². The highest BCUT2D eigenvalue weighted by Crippen LogP contribution is 2.33. The summed E-state index contributed by atoms with van der Waals surface area (Å²) in [5.74, 6) is -0.120. The third-order valence-electron chi connectivity index (χ3n) is 5.57. The van der Waals surface area contributed by atoms with Crippen LogP contribution in [-0.2, 0) is 0 Å². The Morgan fingerprint density at radius 1 is 0.935 bits per heavy atom. The first-order valence-electron chi connectivity index (χ1n) is 10.1. The van der Waals surface area contributed by atoms with E-state index in [4.69, 9.17) is 28.5 Å². The van der Waals surface area contributed by atoms with Crippen LogP contribution in [0.25, 0.3) is 0 Å². The van der Waals surface area contributed by atoms with E-state index < -0.39 is 0 Å². The number of hydrogen-bond acceptors (Lipinski definition) is 3. The molecule has 3 aromatic carbocycles. The number of hydrogen-bond donors (Lipinski definition) is 1. The number of nitrogens with zero attached hydrogens (tertiary/aromatic N) is 2. The average Bonchev–Trinajstić information content (AvgIpc) is 3.24. The second kappa shape index (κ2) is 9.53. The molecule has 1 amide bonds. The molecule has 1 aliphatic rings. The second-order valence-electron chi connectivity index (χ2n) is 7.65. The molecule has 31 heavy (non-hydrogen) atoms. The Bertz CT molecular complexity index is 1040. The van der Waals surface area contributed by atoms with Crippen molar-refractivity contribution >= 4 is 29.1 Å². The van der Waals surface area contributed by atoms with E-state index in [2.05, 4.69) is 16.3 Å². The smallest absolute Gasteiger partial charge is 0.251 e. The van der Waals surface area contributed by atoms with Crippen LogP contribution < -0.4 is 5.32 Å². The van der Waals surface area contributed by atoms with Crippen LogP contribution in [0.5, 0.6) is 0 Å². The zero-order chi connectivity index (χ0) is 21.8. The molecule has 4 nitrogen and oxygen atoms in total. The van der Waals surface area contributed by atoms with Crippen molar-refractivity contribution in [1.82, 2.24) is 10.2 Å². The van der Waals surface area contributed by atoms with Gasteiger partial charge in [-0.3, -0.25) is 9.69 Å². The Morgan fingerprint density at radius 2 is 1.48 bits per heavy atom. The zero-order valence-electron chi connectivity index (χ0n) is 16.8. The van der Waals surface area contributed by atoms with Crippen molar-refractivity contribution in [3.05, 3.63) is 105 Å². The molecular formula is C25H21Cl2N3O. The predicted molar refractivity (Wildman–Crippen MR) is 123 cm³/mol. The SMILES string of the molecule is N#Cc1ccc(C(=O)N[C@@H]2CCN(C(c3ccc(Cl)cc3)c3ccc(Cl)cc3)C2)cc1. The molecule has 6 heteroatoms. The molecule has 0 aromatic heterocycles. The van der Waals surface area contributed by atoms with Gasteiger partial charge < -0.3 is 5.32 Å². The quantitative estimate of drug-likeness (QED) is 0.562. The van der Waals surface area contributed by atoms with Crippen LogP contribution in [0.15, 0.2) is 72.8 Å². The number of benzene rings is 3. The molecule has 4 rings (SSSR count). The molecule has 0 spiro atoms. The van der Waals surface area contributed by atoms with E-state index in [1.165, 1.54) is 0 Å². The van der Waals surface area contributed by atoms with Crippen LogP contribution >= 0.6 is 23.2 Å². The first-order chi connectivity index (χ1) is 15.0. The molecule has 1 heterocycles. The number of carbonyl (C=O) groups excluding carboxylic acids is 1. The minimum atomic E-state index is -0.120. The molecule has 0 radical (unpaired) electrons. The fraction of sp³-hybridized carbons (Fsp3) is 0.200. The molecule has 1 atom stereocenters. The standard InChI is InChI=1S/C25H21Cl2N3O/c26-21-9-5-18(6-10-21)24(19-7-11-22(27)12-8-19)30-14-13-23(16-30)29-25(31)20-3-1-17(15-28)2-4-20/h1-12,23-24H,13-14,16H2,(H,29,31)/t23-/m1/s1. The normalized spacial score (nSPS) is 16.3. The summed E-state index contributed by atoms with van der Waals surface area (Å²) in [6.07, 6.45) is 0.861. The van der Waals surface area contributed by atoms with Gasteiger partial charge in [-0.25, -0.2) is 0 Å². The maximum absolute atomic E-state index is 12.6. The van der Waals surface area contributed by atoms with E-state index in [1.54, 1.807) is 24.3 Å². The van der Waals surface area contributed by atoms with E-state index in [9.17, 15) is 4.79 Å². The van der Waals surface area contributed by atoms with Crippen molar-refractivity contribution < 1.29 is 4.79 Å². The lowest BCUT2D eigenvalue weighted by Gasteiger charge is -2.29. The minimum Gasteiger partial charge on any atom is -0.348 e. The average molecular weight is 450 g/mol. The van der Waals surface area contributed by atoms with Gasteiger partial charge in [-0.05, 0) is 66.1 Å². The summed E-state index contributed by atoms with van der Waals surface area (Å²) >= 11 is 12.2. The van der Waals surface area contributed by atoms with Crippen molar-refractivity contribution in [2.45, 2.75) is 18.5 Å². The summed E-state index contributed by atoms with van der Waals surface area (Å²) < 4.78 is 0. The summed E-state index contributed by atoms with van der Waals surface area (Å²) in [6.45, 7) is 1.59. The molecule has 156 valence electrons. The van der Waals surface area contributed by atoms with Crippen molar-refractivity contribution in [1.29, 1.82) is 5.26 Å². The summed E-state index contributed by atoms with van der Waals surface area (Å²) in [6, 6.07) is 24.6. The number of rotatable bonds is 5. The molecule has 0 unspecified atom stereocenters. The van der Waals surface area contributed by atoms with Crippen LogP contribution in [0.1, 0.15) is 39.5 Å². The molecule has 3 aromatic rings. The zero-order valence-corrected chi connectivity index (χ0v) is 18.3. The van der Waals surface area contributed by atoms with Crippen LogP contribution in [0.3, 0.4) is 0 Å². The minimum absolute atomic E-state index is 0.0465. The van der Waals surface area contributed by atoms with Crippen LogP contribution in [-0.4, -0.2) is 29.9 Å². The summed E-state index contributed by atoms with van der Waals surface area (Å²) in [7, 11) is 0. The Hall–Kier alpha value is -2.84. The highest BCUT2D eigenvalue weighted by molar-refractivity contribution is 6.30. The van der Waals surface area contributed by atoms with Gasteiger partial charge in [0, 0.05) is 34.7 Å². The Morgan fingerprint density at radius 3 is 2.00 bits per heavy atom. The molecule has 0 aliphatic carbocycles. The van der Waals surface area contributed by atoms with Gasteiger partial charge in [0.05, 0.1) is 17.7 Å². The van der Waals surface area contributed by atoms with Crippen molar-refractivity contribution in [2.24, 2.45) is 0 Å². The van der Waals surface area contributed by atoms with Gasteiger partial charge >= 0.3 is 0 Å². The molecule has 0 saturated carbocycles. The van der Waals surface area contributed by atoms with Crippen LogP contribution in [0.2, 0.25) is 10.0 Å². The molecule has 1 fully saturated rings. The fourth-order valence-corrected chi connectivity index (χ4v) is 4.26. The van der Waals surface area contributed by atoms with E-state index >= 15 is 0 Å². The van der Waals surface area contributed by atoms with E-state index in [0.29, 0.717) is 21.2 Å². The number of nitriles is 1. The summed E-state index contributed by atoms with van der Waals surface area (Å²) in [5, 5.41) is 13.5. The molecule has 0 bridgehead atoms. The van der Waals surface area contributed by atoms with Gasteiger partial charge in [-0.2, -0.15) is 5.26 Å². The number of nitrogens with one attached hydrogen (secondary N) is 1. The van der Waals surface area contributed by atoms with Crippen molar-refractivity contribution in [3.63, 3.8) is 0 Å². The fourth-order valence-electron chi connectivity index (χ4n) is 4.01.